The molecular formula is C14H18Cl3N3. The average Bonchev–Trinajstić information content (AvgIpc) is 2.67. The number of nitrogens with zero attached hydrogens (tertiary/aromatic N) is 3. The number of rotatable bonds is 4. The molecular weight excluding hydrogens is 317 g/mol. The van der Waals surface area contributed by atoms with E-state index >= 15 is 0 Å². The van der Waals surface area contributed by atoms with Crippen LogP contribution in [0.25, 0.3) is 11.0 Å². The van der Waals surface area contributed by atoms with Crippen molar-refractivity contribution in [2.24, 2.45) is 0 Å². The molecule has 0 aliphatic rings. The van der Waals surface area contributed by atoms with E-state index in [1.165, 1.54) is 0 Å². The summed E-state index contributed by atoms with van der Waals surface area (Å²) in [6, 6.07) is 3.89. The van der Waals surface area contributed by atoms with Gasteiger partial charge in [-0.05, 0) is 40.1 Å². The van der Waals surface area contributed by atoms with Crippen LogP contribution in [0.1, 0.15) is 31.1 Å². The van der Waals surface area contributed by atoms with E-state index in [9.17, 15) is 0 Å². The molecule has 20 heavy (non-hydrogen) atoms. The van der Waals surface area contributed by atoms with E-state index in [4.69, 9.17) is 34.8 Å². The lowest BCUT2D eigenvalue weighted by Gasteiger charge is -2.22. The zero-order valence-corrected chi connectivity index (χ0v) is 14.3. The van der Waals surface area contributed by atoms with Gasteiger partial charge in [0.2, 0.25) is 0 Å². The lowest BCUT2D eigenvalue weighted by atomic mass is 10.2. The molecule has 0 saturated heterocycles. The molecule has 0 fully saturated rings. The third-order valence-corrected chi connectivity index (χ3v) is 4.10. The molecule has 0 saturated carbocycles. The molecule has 3 nitrogen and oxygen atoms in total. The first-order chi connectivity index (χ1) is 9.31. The van der Waals surface area contributed by atoms with Crippen LogP contribution < -0.4 is 0 Å². The number of likely N-dealkylation sites (N-methyl/N-ethyl adjacent to an activating group) is 1. The van der Waals surface area contributed by atoms with Gasteiger partial charge in [0, 0.05) is 12.6 Å². The molecule has 2 atom stereocenters. The van der Waals surface area contributed by atoms with Crippen LogP contribution in [0.3, 0.4) is 0 Å². The van der Waals surface area contributed by atoms with Crippen LogP contribution in [-0.2, 0) is 0 Å². The Morgan fingerprint density at radius 1 is 1.20 bits per heavy atom. The number of hydrogen-bond acceptors (Lipinski definition) is 2. The number of halogens is 3. The van der Waals surface area contributed by atoms with Gasteiger partial charge in [-0.2, -0.15) is 0 Å². The number of fused-ring (bicyclic) bond motifs is 1. The molecule has 6 heteroatoms. The molecule has 1 aromatic heterocycles. The molecule has 2 aromatic rings. The van der Waals surface area contributed by atoms with Gasteiger partial charge < -0.3 is 9.47 Å². The summed E-state index contributed by atoms with van der Waals surface area (Å²) in [5, 5.41) is 0.869. The summed E-state index contributed by atoms with van der Waals surface area (Å²) in [5.41, 5.74) is 1.80. The third-order valence-electron chi connectivity index (χ3n) is 3.18. The number of imidazole rings is 1. The second-order valence-corrected chi connectivity index (χ2v) is 6.79. The van der Waals surface area contributed by atoms with Gasteiger partial charge in [0.15, 0.2) is 0 Å². The van der Waals surface area contributed by atoms with Gasteiger partial charge in [0.1, 0.15) is 5.82 Å². The highest BCUT2D eigenvalue weighted by atomic mass is 35.5. The van der Waals surface area contributed by atoms with Gasteiger partial charge in [-0.25, -0.2) is 4.98 Å². The summed E-state index contributed by atoms with van der Waals surface area (Å²) < 4.78 is 2.15. The van der Waals surface area contributed by atoms with Crippen molar-refractivity contribution < 1.29 is 0 Å². The van der Waals surface area contributed by atoms with Crippen molar-refractivity contribution >= 4 is 45.8 Å². The van der Waals surface area contributed by atoms with Gasteiger partial charge in [-0.3, -0.25) is 0 Å². The van der Waals surface area contributed by atoms with E-state index < -0.39 is 0 Å². The standard InChI is InChI=1S/C14H18Cl3N3/c1-8(7-19(3)4)20-13-6-11(17)10(16)5-12(13)18-14(20)9(2)15/h5-6,8-9H,7H2,1-4H3. The van der Waals surface area contributed by atoms with Gasteiger partial charge >= 0.3 is 0 Å². The normalized spacial score (nSPS) is 15.0. The molecule has 0 spiro atoms. The van der Waals surface area contributed by atoms with Crippen molar-refractivity contribution in [1.29, 1.82) is 0 Å². The van der Waals surface area contributed by atoms with Gasteiger partial charge in [-0.1, -0.05) is 23.2 Å². The van der Waals surface area contributed by atoms with Crippen LogP contribution in [0.5, 0.6) is 0 Å². The predicted octanol–water partition coefficient (Wildman–Crippen LogP) is 4.77. The fraction of sp³-hybridized carbons (Fsp3) is 0.500. The van der Waals surface area contributed by atoms with Crippen LogP contribution in [0.15, 0.2) is 12.1 Å². The van der Waals surface area contributed by atoms with Crippen LogP contribution in [0, 0.1) is 0 Å². The Balaban J connectivity index is 2.64. The maximum absolute atomic E-state index is 6.28. The van der Waals surface area contributed by atoms with Crippen molar-refractivity contribution in [3.05, 3.63) is 28.0 Å². The minimum absolute atomic E-state index is 0.176. The summed E-state index contributed by atoms with van der Waals surface area (Å²) in [4.78, 5) is 6.75. The van der Waals surface area contributed by atoms with Crippen LogP contribution >= 0.6 is 34.8 Å². The Morgan fingerprint density at radius 2 is 1.80 bits per heavy atom. The third kappa shape index (κ3) is 3.06. The molecule has 1 aromatic carbocycles. The summed E-state index contributed by atoms with van der Waals surface area (Å²) in [5.74, 6) is 0.842. The Labute approximate surface area is 134 Å². The fourth-order valence-corrected chi connectivity index (χ4v) is 2.93. The number of hydrogen-bond donors (Lipinski definition) is 0. The maximum atomic E-state index is 6.28. The molecule has 110 valence electrons. The highest BCUT2D eigenvalue weighted by molar-refractivity contribution is 6.42. The SMILES string of the molecule is CC(Cl)c1nc2cc(Cl)c(Cl)cc2n1C(C)CN(C)C. The van der Waals surface area contributed by atoms with Crippen molar-refractivity contribution in [2.45, 2.75) is 25.3 Å². The molecule has 0 radical (unpaired) electrons. The Morgan fingerprint density at radius 3 is 2.35 bits per heavy atom. The van der Waals surface area contributed by atoms with E-state index in [1.807, 2.05) is 27.1 Å². The Bertz CT molecular complexity index is 620. The van der Waals surface area contributed by atoms with Crippen molar-refractivity contribution in [3.63, 3.8) is 0 Å². The van der Waals surface area contributed by atoms with Crippen molar-refractivity contribution in [3.8, 4) is 0 Å². The minimum atomic E-state index is -0.176. The van der Waals surface area contributed by atoms with E-state index in [0.29, 0.717) is 10.0 Å². The monoisotopic (exact) mass is 333 g/mol. The molecule has 0 amide bonds. The van der Waals surface area contributed by atoms with E-state index in [0.717, 1.165) is 23.4 Å². The average molecular weight is 335 g/mol. The molecule has 0 aliphatic carbocycles. The maximum Gasteiger partial charge on any atom is 0.128 e. The van der Waals surface area contributed by atoms with Crippen LogP contribution in [0.2, 0.25) is 10.0 Å². The number of aromatic nitrogens is 2. The summed E-state index contributed by atoms with van der Waals surface area (Å²) in [7, 11) is 4.09. The van der Waals surface area contributed by atoms with Crippen molar-refractivity contribution in [1.82, 2.24) is 14.5 Å². The zero-order valence-electron chi connectivity index (χ0n) is 12.0. The first-order valence-corrected chi connectivity index (χ1v) is 7.66. The second-order valence-electron chi connectivity index (χ2n) is 5.32. The van der Waals surface area contributed by atoms with Crippen LogP contribution in [0.4, 0.5) is 0 Å². The summed E-state index contributed by atoms with van der Waals surface area (Å²) in [6.07, 6.45) is 0. The second kappa shape index (κ2) is 6.10. The Kier molecular flexibility index (Phi) is 4.85. The Hall–Kier alpha value is -0.480. The van der Waals surface area contributed by atoms with E-state index in [1.54, 1.807) is 6.07 Å². The molecule has 0 N–H and O–H groups in total. The highest BCUT2D eigenvalue weighted by Crippen LogP contribution is 2.33. The topological polar surface area (TPSA) is 21.1 Å². The van der Waals surface area contributed by atoms with Gasteiger partial charge in [-0.15, -0.1) is 11.6 Å². The van der Waals surface area contributed by atoms with Gasteiger partial charge in [0.25, 0.3) is 0 Å². The quantitative estimate of drug-likeness (QED) is 0.751. The molecule has 0 aliphatic heterocycles. The molecule has 1 heterocycles. The smallest absolute Gasteiger partial charge is 0.128 e. The first kappa shape index (κ1) is 15.9. The van der Waals surface area contributed by atoms with Gasteiger partial charge in [0.05, 0.1) is 26.5 Å². The highest BCUT2D eigenvalue weighted by Gasteiger charge is 2.20. The zero-order chi connectivity index (χ0) is 15.0. The first-order valence-electron chi connectivity index (χ1n) is 6.47. The molecule has 2 rings (SSSR count). The molecule has 2 unspecified atom stereocenters. The predicted molar refractivity (Wildman–Crippen MR) is 87.3 cm³/mol. The summed E-state index contributed by atoms with van der Waals surface area (Å²) >= 11 is 18.5. The van der Waals surface area contributed by atoms with Crippen LogP contribution in [-0.4, -0.2) is 35.1 Å². The lowest BCUT2D eigenvalue weighted by molar-refractivity contribution is 0.336. The summed E-state index contributed by atoms with van der Waals surface area (Å²) in [6.45, 7) is 4.96. The minimum Gasteiger partial charge on any atom is -0.323 e. The van der Waals surface area contributed by atoms with E-state index in [-0.39, 0.29) is 11.4 Å². The largest absolute Gasteiger partial charge is 0.323 e. The lowest BCUT2D eigenvalue weighted by Crippen LogP contribution is -2.23. The van der Waals surface area contributed by atoms with E-state index in [2.05, 4.69) is 21.4 Å². The number of benzene rings is 1. The van der Waals surface area contributed by atoms with Crippen molar-refractivity contribution in [2.75, 3.05) is 20.6 Å². The molecule has 0 bridgehead atoms. The fourth-order valence-electron chi connectivity index (χ4n) is 2.46. The number of alkyl halides is 1.